The molecule has 6 nitrogen and oxygen atoms in total. The molecule has 0 saturated carbocycles. The number of carbonyl (C=O) groups is 2. The molecular weight excluding hydrogens is 486 g/mol. The van der Waals surface area contributed by atoms with E-state index < -0.39 is 5.92 Å². The van der Waals surface area contributed by atoms with E-state index >= 15 is 0 Å². The van der Waals surface area contributed by atoms with Gasteiger partial charge in [0.2, 0.25) is 5.91 Å². The van der Waals surface area contributed by atoms with E-state index in [0.717, 1.165) is 48.4 Å². The second-order valence-corrected chi connectivity index (χ2v) is 9.59. The maximum Gasteiger partial charge on any atom is 0.253 e. The molecule has 0 aliphatic carbocycles. The van der Waals surface area contributed by atoms with Crippen LogP contribution in [0.4, 0.5) is 11.4 Å². The van der Waals surface area contributed by atoms with E-state index in [1.807, 2.05) is 91.9 Å². The molecule has 0 saturated heterocycles. The van der Waals surface area contributed by atoms with Gasteiger partial charge in [0.05, 0.1) is 30.0 Å². The number of hydrogen-bond acceptors (Lipinski definition) is 4. The highest BCUT2D eigenvalue weighted by Crippen LogP contribution is 2.30. The number of hydrogen-bond donors (Lipinski definition) is 2. The Labute approximate surface area is 231 Å². The van der Waals surface area contributed by atoms with E-state index in [9.17, 15) is 9.59 Å². The molecule has 1 aromatic heterocycles. The molecule has 39 heavy (non-hydrogen) atoms. The number of unbranched alkanes of at least 4 members (excludes halogenated alkanes) is 1. The number of anilines is 2. The predicted molar refractivity (Wildman–Crippen MR) is 157 cm³/mol. The van der Waals surface area contributed by atoms with Crippen LogP contribution in [0.25, 0.3) is 0 Å². The molecule has 0 fully saturated rings. The van der Waals surface area contributed by atoms with Crippen LogP contribution in [-0.4, -0.2) is 24.9 Å². The van der Waals surface area contributed by atoms with Crippen molar-refractivity contribution in [1.82, 2.24) is 5.32 Å². The van der Waals surface area contributed by atoms with Crippen molar-refractivity contribution in [3.05, 3.63) is 120 Å². The standard InChI is InChI=1S/C33H37N3O3/c1-3-5-21-36(24-28-17-12-22-39-28)30-19-18-27(23-29(30)32(37)34-20-4-2)35-33(38)31(25-13-8-6-9-14-25)26-15-10-7-11-16-26/h6-19,22-23,31H,3-5,20-21,24H2,1-2H3,(H,34,37)(H,35,38). The number of furan rings is 1. The maximum atomic E-state index is 13.7. The van der Waals surface area contributed by atoms with Gasteiger partial charge in [-0.15, -0.1) is 0 Å². The smallest absolute Gasteiger partial charge is 0.253 e. The van der Waals surface area contributed by atoms with Gasteiger partial charge < -0.3 is 20.0 Å². The molecule has 0 spiro atoms. The first kappa shape index (κ1) is 27.7. The predicted octanol–water partition coefficient (Wildman–Crippen LogP) is 7.00. The van der Waals surface area contributed by atoms with E-state index in [2.05, 4.69) is 22.5 Å². The van der Waals surface area contributed by atoms with Gasteiger partial charge in [0.1, 0.15) is 5.76 Å². The minimum atomic E-state index is -0.482. The second-order valence-electron chi connectivity index (χ2n) is 9.59. The average molecular weight is 524 g/mol. The molecule has 1 heterocycles. The Morgan fingerprint density at radius 2 is 1.54 bits per heavy atom. The summed E-state index contributed by atoms with van der Waals surface area (Å²) in [7, 11) is 0. The lowest BCUT2D eigenvalue weighted by atomic mass is 9.90. The molecule has 0 aliphatic heterocycles. The van der Waals surface area contributed by atoms with E-state index in [0.29, 0.717) is 24.3 Å². The van der Waals surface area contributed by atoms with Gasteiger partial charge in [0.25, 0.3) is 5.91 Å². The molecule has 4 aromatic rings. The third kappa shape index (κ3) is 7.38. The lowest BCUT2D eigenvalue weighted by Gasteiger charge is -2.27. The monoisotopic (exact) mass is 523 g/mol. The van der Waals surface area contributed by atoms with Crippen LogP contribution in [0.3, 0.4) is 0 Å². The Hall–Kier alpha value is -4.32. The van der Waals surface area contributed by atoms with Crippen molar-refractivity contribution in [3.63, 3.8) is 0 Å². The fraction of sp³-hybridized carbons (Fsp3) is 0.273. The first-order valence-corrected chi connectivity index (χ1v) is 13.7. The summed E-state index contributed by atoms with van der Waals surface area (Å²) >= 11 is 0. The van der Waals surface area contributed by atoms with Gasteiger partial charge in [-0.1, -0.05) is 80.9 Å². The van der Waals surface area contributed by atoms with Gasteiger partial charge in [-0.2, -0.15) is 0 Å². The molecular formula is C33H37N3O3. The first-order chi connectivity index (χ1) is 19.1. The zero-order valence-electron chi connectivity index (χ0n) is 22.7. The van der Waals surface area contributed by atoms with E-state index in [1.54, 1.807) is 12.3 Å². The number of rotatable bonds is 13. The third-order valence-corrected chi connectivity index (χ3v) is 6.62. The molecule has 0 bridgehead atoms. The van der Waals surface area contributed by atoms with Crippen LogP contribution >= 0.6 is 0 Å². The van der Waals surface area contributed by atoms with Crippen molar-refractivity contribution < 1.29 is 14.0 Å². The number of nitrogens with zero attached hydrogens (tertiary/aromatic N) is 1. The molecule has 6 heteroatoms. The van der Waals surface area contributed by atoms with Crippen molar-refractivity contribution in [1.29, 1.82) is 0 Å². The van der Waals surface area contributed by atoms with Crippen LogP contribution in [0.5, 0.6) is 0 Å². The fourth-order valence-corrected chi connectivity index (χ4v) is 4.63. The molecule has 0 atom stereocenters. The highest BCUT2D eigenvalue weighted by Gasteiger charge is 2.24. The Kier molecular flexibility index (Phi) is 9.95. The van der Waals surface area contributed by atoms with Crippen LogP contribution in [0.2, 0.25) is 0 Å². The van der Waals surface area contributed by atoms with Gasteiger partial charge in [-0.25, -0.2) is 0 Å². The topological polar surface area (TPSA) is 74.6 Å². The quantitative estimate of drug-likeness (QED) is 0.198. The molecule has 0 unspecified atom stereocenters. The van der Waals surface area contributed by atoms with Crippen LogP contribution in [0, 0.1) is 0 Å². The van der Waals surface area contributed by atoms with Crippen molar-refractivity contribution in [3.8, 4) is 0 Å². The van der Waals surface area contributed by atoms with Crippen molar-refractivity contribution >= 4 is 23.2 Å². The van der Waals surface area contributed by atoms with Crippen LogP contribution in [0.15, 0.2) is 102 Å². The Morgan fingerprint density at radius 3 is 2.13 bits per heavy atom. The molecule has 0 radical (unpaired) electrons. The lowest BCUT2D eigenvalue weighted by molar-refractivity contribution is -0.116. The largest absolute Gasteiger partial charge is 0.467 e. The van der Waals surface area contributed by atoms with Crippen molar-refractivity contribution in [2.45, 2.75) is 45.6 Å². The Balaban J connectivity index is 1.67. The third-order valence-electron chi connectivity index (χ3n) is 6.62. The number of nitrogens with one attached hydrogen (secondary N) is 2. The van der Waals surface area contributed by atoms with Gasteiger partial charge in [-0.3, -0.25) is 9.59 Å². The molecule has 4 rings (SSSR count). The first-order valence-electron chi connectivity index (χ1n) is 13.7. The Bertz CT molecular complexity index is 1280. The van der Waals surface area contributed by atoms with Gasteiger partial charge in [0, 0.05) is 18.8 Å². The van der Waals surface area contributed by atoms with Crippen LogP contribution < -0.4 is 15.5 Å². The second kappa shape index (κ2) is 14.0. The lowest BCUT2D eigenvalue weighted by Crippen LogP contribution is -2.30. The van der Waals surface area contributed by atoms with Crippen molar-refractivity contribution in [2.75, 3.05) is 23.3 Å². The minimum Gasteiger partial charge on any atom is -0.467 e. The van der Waals surface area contributed by atoms with Gasteiger partial charge >= 0.3 is 0 Å². The molecule has 0 aliphatic rings. The summed E-state index contributed by atoms with van der Waals surface area (Å²) in [6, 6.07) is 28.9. The summed E-state index contributed by atoms with van der Waals surface area (Å²) in [5.74, 6) is 0.0338. The highest BCUT2D eigenvalue weighted by molar-refractivity contribution is 6.03. The molecule has 202 valence electrons. The summed E-state index contributed by atoms with van der Waals surface area (Å²) < 4.78 is 5.62. The van der Waals surface area contributed by atoms with E-state index in [4.69, 9.17) is 4.42 Å². The average Bonchev–Trinajstić information content (AvgIpc) is 3.48. The van der Waals surface area contributed by atoms with E-state index in [-0.39, 0.29) is 11.8 Å². The number of carbonyl (C=O) groups excluding carboxylic acids is 2. The van der Waals surface area contributed by atoms with Crippen molar-refractivity contribution in [2.24, 2.45) is 0 Å². The Morgan fingerprint density at radius 1 is 0.846 bits per heavy atom. The summed E-state index contributed by atoms with van der Waals surface area (Å²) in [6.45, 7) is 6.08. The zero-order chi connectivity index (χ0) is 27.5. The normalized spacial score (nSPS) is 10.8. The summed E-state index contributed by atoms with van der Waals surface area (Å²) in [5.41, 5.74) is 3.73. The molecule has 2 amide bonds. The summed E-state index contributed by atoms with van der Waals surface area (Å²) in [4.78, 5) is 29.2. The molecule has 2 N–H and O–H groups in total. The fourth-order valence-electron chi connectivity index (χ4n) is 4.63. The summed E-state index contributed by atoms with van der Waals surface area (Å²) in [5, 5.41) is 6.10. The maximum absolute atomic E-state index is 13.7. The summed E-state index contributed by atoms with van der Waals surface area (Å²) in [6.07, 6.45) is 4.50. The minimum absolute atomic E-state index is 0.154. The van der Waals surface area contributed by atoms with Gasteiger partial charge in [-0.05, 0) is 54.3 Å². The number of benzene rings is 3. The van der Waals surface area contributed by atoms with Crippen LogP contribution in [0.1, 0.15) is 66.3 Å². The van der Waals surface area contributed by atoms with E-state index in [1.165, 1.54) is 0 Å². The zero-order valence-corrected chi connectivity index (χ0v) is 22.7. The highest BCUT2D eigenvalue weighted by atomic mass is 16.3. The molecule has 3 aromatic carbocycles. The van der Waals surface area contributed by atoms with Gasteiger partial charge in [0.15, 0.2) is 0 Å². The van der Waals surface area contributed by atoms with Crippen LogP contribution in [-0.2, 0) is 11.3 Å². The number of amides is 2. The SMILES string of the molecule is CCCCN(Cc1ccco1)c1ccc(NC(=O)C(c2ccccc2)c2ccccc2)cc1C(=O)NCCC.